The van der Waals surface area contributed by atoms with Crippen LogP contribution in [0.15, 0.2) is 83.8 Å². The van der Waals surface area contributed by atoms with E-state index < -0.39 is 16.1 Å². The lowest BCUT2D eigenvalue weighted by molar-refractivity contribution is -0.141. The molecule has 0 aliphatic rings. The second-order valence-electron chi connectivity index (χ2n) is 8.22. The van der Waals surface area contributed by atoms with Gasteiger partial charge in [-0.2, -0.15) is 0 Å². The number of nitrogens with one attached hydrogen (secondary N) is 2. The molecule has 0 aliphatic heterocycles. The van der Waals surface area contributed by atoms with Crippen LogP contribution < -0.4 is 10.0 Å². The third-order valence-corrected chi connectivity index (χ3v) is 7.27. The first-order chi connectivity index (χ1) is 17.2. The molecule has 0 aliphatic carbocycles. The number of hydrogen-bond acceptors (Lipinski definition) is 4. The number of halogens is 1. The van der Waals surface area contributed by atoms with Crippen molar-refractivity contribution >= 4 is 21.8 Å². The van der Waals surface area contributed by atoms with Crippen LogP contribution >= 0.6 is 0 Å². The fourth-order valence-corrected chi connectivity index (χ4v) is 4.90. The summed E-state index contributed by atoms with van der Waals surface area (Å²) in [4.78, 5) is 28.1. The Bertz CT molecular complexity index is 1260. The van der Waals surface area contributed by atoms with Gasteiger partial charge in [0.15, 0.2) is 0 Å². The number of hydrogen-bond donors (Lipinski definition) is 2. The number of carbonyl (C=O) groups is 2. The van der Waals surface area contributed by atoms with E-state index >= 15 is 0 Å². The maximum absolute atomic E-state index is 13.5. The van der Waals surface area contributed by atoms with Gasteiger partial charge in [-0.1, -0.05) is 61.5 Å². The molecular weight excluding hydrogens is 481 g/mol. The summed E-state index contributed by atoms with van der Waals surface area (Å²) >= 11 is 0. The molecule has 9 heteroatoms. The standard InChI is InChI=1S/C27H30FN3O4S/c1-3-30-36(34,35)24-16-11-20(12-17-24)13-18-25(32)31(19-21-9-14-23(28)15-10-21)26(27(33)29-2)22-7-5-4-6-8-22/h4-12,14-17,26,30H,3,13,18-19H2,1-2H3,(H,29,33). The van der Waals surface area contributed by atoms with Crippen molar-refractivity contribution in [2.45, 2.75) is 37.2 Å². The Labute approximate surface area is 211 Å². The molecule has 1 unspecified atom stereocenters. The van der Waals surface area contributed by atoms with E-state index in [4.69, 9.17) is 0 Å². The second kappa shape index (κ2) is 12.4. The highest BCUT2D eigenvalue weighted by Gasteiger charge is 2.30. The molecule has 7 nitrogen and oxygen atoms in total. The first-order valence-corrected chi connectivity index (χ1v) is 13.1. The smallest absolute Gasteiger partial charge is 0.247 e. The predicted octanol–water partition coefficient (Wildman–Crippen LogP) is 3.57. The van der Waals surface area contributed by atoms with Crippen LogP contribution in [0, 0.1) is 5.82 Å². The van der Waals surface area contributed by atoms with Crippen molar-refractivity contribution in [2.24, 2.45) is 0 Å². The zero-order valence-electron chi connectivity index (χ0n) is 20.3. The fourth-order valence-electron chi connectivity index (χ4n) is 3.86. The molecule has 0 aromatic heterocycles. The van der Waals surface area contributed by atoms with Crippen LogP contribution in [0.25, 0.3) is 0 Å². The predicted molar refractivity (Wildman–Crippen MR) is 136 cm³/mol. The molecule has 0 radical (unpaired) electrons. The van der Waals surface area contributed by atoms with Gasteiger partial charge in [0, 0.05) is 26.6 Å². The number of aryl methyl sites for hydroxylation is 1. The van der Waals surface area contributed by atoms with Crippen molar-refractivity contribution in [3.63, 3.8) is 0 Å². The van der Waals surface area contributed by atoms with Gasteiger partial charge in [0.1, 0.15) is 11.9 Å². The lowest BCUT2D eigenvalue weighted by atomic mass is 10.0. The third kappa shape index (κ3) is 6.99. The monoisotopic (exact) mass is 511 g/mol. The van der Waals surface area contributed by atoms with E-state index in [0.717, 1.165) is 5.56 Å². The van der Waals surface area contributed by atoms with Gasteiger partial charge in [-0.25, -0.2) is 17.5 Å². The van der Waals surface area contributed by atoms with Gasteiger partial charge < -0.3 is 10.2 Å². The molecule has 3 aromatic carbocycles. The number of carbonyl (C=O) groups excluding carboxylic acids is 2. The lowest BCUT2D eigenvalue weighted by Crippen LogP contribution is -2.42. The summed E-state index contributed by atoms with van der Waals surface area (Å²) in [5.74, 6) is -0.988. The number of sulfonamides is 1. The van der Waals surface area contributed by atoms with E-state index in [1.807, 2.05) is 6.07 Å². The van der Waals surface area contributed by atoms with Gasteiger partial charge >= 0.3 is 0 Å². The molecule has 0 saturated heterocycles. The fraction of sp³-hybridized carbons (Fsp3) is 0.259. The van der Waals surface area contributed by atoms with Crippen molar-refractivity contribution in [3.8, 4) is 0 Å². The zero-order valence-corrected chi connectivity index (χ0v) is 21.1. The molecule has 1 atom stereocenters. The average molecular weight is 512 g/mol. The highest BCUT2D eigenvalue weighted by molar-refractivity contribution is 7.89. The number of benzene rings is 3. The van der Waals surface area contributed by atoms with Crippen molar-refractivity contribution in [1.82, 2.24) is 14.9 Å². The molecule has 2 N–H and O–H groups in total. The van der Waals surface area contributed by atoms with E-state index in [9.17, 15) is 22.4 Å². The first kappa shape index (κ1) is 27.0. The molecule has 190 valence electrons. The Morgan fingerprint density at radius 3 is 2.11 bits per heavy atom. The van der Waals surface area contributed by atoms with Crippen LogP contribution in [-0.4, -0.2) is 38.7 Å². The maximum Gasteiger partial charge on any atom is 0.247 e. The van der Waals surface area contributed by atoms with Gasteiger partial charge in [0.2, 0.25) is 21.8 Å². The summed E-state index contributed by atoms with van der Waals surface area (Å²) in [5, 5.41) is 2.64. The molecular formula is C27H30FN3O4S. The van der Waals surface area contributed by atoms with Crippen LogP contribution in [0.5, 0.6) is 0 Å². The van der Waals surface area contributed by atoms with Crippen molar-refractivity contribution in [3.05, 3.63) is 101 Å². The Balaban J connectivity index is 1.85. The molecule has 0 bridgehead atoms. The second-order valence-corrected chi connectivity index (χ2v) is 9.99. The van der Waals surface area contributed by atoms with Gasteiger partial charge in [0.05, 0.1) is 4.90 Å². The topological polar surface area (TPSA) is 95.6 Å². The minimum atomic E-state index is -3.56. The highest BCUT2D eigenvalue weighted by Crippen LogP contribution is 2.25. The lowest BCUT2D eigenvalue weighted by Gasteiger charge is -2.31. The molecule has 0 saturated carbocycles. The van der Waals surface area contributed by atoms with Gasteiger partial charge in [-0.05, 0) is 47.4 Å². The van der Waals surface area contributed by atoms with E-state index in [1.165, 1.54) is 36.2 Å². The maximum atomic E-state index is 13.5. The largest absolute Gasteiger partial charge is 0.357 e. The van der Waals surface area contributed by atoms with Crippen LogP contribution in [0.2, 0.25) is 0 Å². The SMILES string of the molecule is CCNS(=O)(=O)c1ccc(CCC(=O)N(Cc2ccc(F)cc2)C(C(=O)NC)c2ccccc2)cc1. The quantitative estimate of drug-likeness (QED) is 0.411. The average Bonchev–Trinajstić information content (AvgIpc) is 2.88. The summed E-state index contributed by atoms with van der Waals surface area (Å²) in [7, 11) is -2.04. The van der Waals surface area contributed by atoms with E-state index in [-0.39, 0.29) is 42.0 Å². The number of amides is 2. The van der Waals surface area contributed by atoms with E-state index in [1.54, 1.807) is 55.5 Å². The van der Waals surface area contributed by atoms with E-state index in [0.29, 0.717) is 17.5 Å². The molecule has 36 heavy (non-hydrogen) atoms. The molecule has 2 amide bonds. The van der Waals surface area contributed by atoms with Gasteiger partial charge in [-0.3, -0.25) is 9.59 Å². The Morgan fingerprint density at radius 1 is 0.917 bits per heavy atom. The summed E-state index contributed by atoms with van der Waals surface area (Å²) in [6, 6.07) is 20.3. The normalized spacial score (nSPS) is 12.1. The summed E-state index contributed by atoms with van der Waals surface area (Å²) in [6.45, 7) is 2.11. The number of nitrogens with zero attached hydrogens (tertiary/aromatic N) is 1. The van der Waals surface area contributed by atoms with Crippen LogP contribution in [0.1, 0.15) is 36.1 Å². The van der Waals surface area contributed by atoms with Gasteiger partial charge in [0.25, 0.3) is 0 Å². The van der Waals surface area contributed by atoms with Crippen molar-refractivity contribution in [1.29, 1.82) is 0 Å². The number of rotatable bonds is 11. The number of likely N-dealkylation sites (N-methyl/N-ethyl adjacent to an activating group) is 1. The zero-order chi connectivity index (χ0) is 26.1. The summed E-state index contributed by atoms with van der Waals surface area (Å²) in [5.41, 5.74) is 2.13. The van der Waals surface area contributed by atoms with Crippen LogP contribution in [0.3, 0.4) is 0 Å². The minimum absolute atomic E-state index is 0.0980. The van der Waals surface area contributed by atoms with Crippen LogP contribution in [-0.2, 0) is 32.6 Å². The highest BCUT2D eigenvalue weighted by atomic mass is 32.2. The summed E-state index contributed by atoms with van der Waals surface area (Å²) < 4.78 is 40.2. The third-order valence-electron chi connectivity index (χ3n) is 5.70. The Hall–Kier alpha value is -3.56. The van der Waals surface area contributed by atoms with Crippen LogP contribution in [0.4, 0.5) is 4.39 Å². The molecule has 0 spiro atoms. The van der Waals surface area contributed by atoms with Crippen molar-refractivity contribution in [2.75, 3.05) is 13.6 Å². The molecule has 0 heterocycles. The Morgan fingerprint density at radius 2 is 1.53 bits per heavy atom. The molecule has 3 rings (SSSR count). The van der Waals surface area contributed by atoms with Gasteiger partial charge in [-0.15, -0.1) is 0 Å². The molecule has 3 aromatic rings. The summed E-state index contributed by atoms with van der Waals surface area (Å²) in [6.07, 6.45) is 0.455. The Kier molecular flexibility index (Phi) is 9.32. The van der Waals surface area contributed by atoms with Crippen molar-refractivity contribution < 1.29 is 22.4 Å². The first-order valence-electron chi connectivity index (χ1n) is 11.6. The minimum Gasteiger partial charge on any atom is -0.357 e. The van der Waals surface area contributed by atoms with E-state index in [2.05, 4.69) is 10.0 Å². The molecule has 0 fully saturated rings.